The lowest BCUT2D eigenvalue weighted by Gasteiger charge is -2.14. The van der Waals surface area contributed by atoms with Gasteiger partial charge in [-0.05, 0) is 44.5 Å². The molecule has 3 aromatic rings. The van der Waals surface area contributed by atoms with Crippen LogP contribution in [-0.2, 0) is 0 Å². The van der Waals surface area contributed by atoms with E-state index in [1.807, 2.05) is 25.1 Å². The Morgan fingerprint density at radius 3 is 2.64 bits per heavy atom. The van der Waals surface area contributed by atoms with E-state index in [9.17, 15) is 10.1 Å². The first-order valence-corrected chi connectivity index (χ1v) is 7.89. The van der Waals surface area contributed by atoms with E-state index in [2.05, 4.69) is 9.97 Å². The van der Waals surface area contributed by atoms with Crippen LogP contribution in [0, 0.1) is 17.0 Å². The minimum atomic E-state index is -0.476. The van der Waals surface area contributed by atoms with Crippen LogP contribution in [0.5, 0.6) is 11.5 Å². The molecule has 2 aromatic carbocycles. The van der Waals surface area contributed by atoms with Gasteiger partial charge in [-0.25, -0.2) is 4.98 Å². The Bertz CT molecular complexity index is 947. The van der Waals surface area contributed by atoms with Crippen LogP contribution < -0.4 is 9.47 Å². The number of imidazole rings is 1. The van der Waals surface area contributed by atoms with Gasteiger partial charge >= 0.3 is 5.69 Å². The molecule has 0 atom stereocenters. The number of hydrogen-bond acceptors (Lipinski definition) is 5. The molecule has 7 nitrogen and oxygen atoms in total. The Hall–Kier alpha value is -3.09. The lowest BCUT2D eigenvalue weighted by Crippen LogP contribution is -2.09. The minimum absolute atomic E-state index is 0.123. The predicted octanol–water partition coefficient (Wildman–Crippen LogP) is 4.24. The zero-order valence-corrected chi connectivity index (χ0v) is 14.5. The summed E-state index contributed by atoms with van der Waals surface area (Å²) in [7, 11) is 1.46. The fraction of sp³-hybridized carbons (Fsp3) is 0.278. The van der Waals surface area contributed by atoms with Crippen molar-refractivity contribution in [1.29, 1.82) is 0 Å². The lowest BCUT2D eigenvalue weighted by atomic mass is 10.1. The van der Waals surface area contributed by atoms with Gasteiger partial charge < -0.3 is 14.5 Å². The maximum atomic E-state index is 11.5. The number of nitro benzene ring substituents is 1. The van der Waals surface area contributed by atoms with Crippen LogP contribution in [0.25, 0.3) is 22.4 Å². The molecule has 0 radical (unpaired) electrons. The van der Waals surface area contributed by atoms with Crippen molar-refractivity contribution >= 4 is 16.7 Å². The molecule has 130 valence electrons. The number of H-pyrrole nitrogens is 1. The first-order chi connectivity index (χ1) is 11.9. The van der Waals surface area contributed by atoms with Crippen molar-refractivity contribution in [3.05, 3.63) is 46.0 Å². The summed E-state index contributed by atoms with van der Waals surface area (Å²) < 4.78 is 10.9. The zero-order valence-electron chi connectivity index (χ0n) is 14.5. The van der Waals surface area contributed by atoms with Crippen molar-refractivity contribution in [2.24, 2.45) is 0 Å². The quantitative estimate of drug-likeness (QED) is 0.553. The van der Waals surface area contributed by atoms with Crippen molar-refractivity contribution in [1.82, 2.24) is 9.97 Å². The predicted molar refractivity (Wildman–Crippen MR) is 95.2 cm³/mol. The number of rotatable bonds is 5. The van der Waals surface area contributed by atoms with Crippen LogP contribution in [0.15, 0.2) is 30.3 Å². The molecule has 0 saturated carbocycles. The fourth-order valence-corrected chi connectivity index (χ4v) is 2.63. The third kappa shape index (κ3) is 3.26. The molecule has 25 heavy (non-hydrogen) atoms. The number of fused-ring (bicyclic) bond motifs is 1. The minimum Gasteiger partial charge on any atom is -0.493 e. The molecule has 0 unspecified atom stereocenters. The van der Waals surface area contributed by atoms with E-state index in [0.717, 1.165) is 16.6 Å². The molecule has 0 bridgehead atoms. The van der Waals surface area contributed by atoms with Gasteiger partial charge in [0.1, 0.15) is 5.82 Å². The Balaban J connectivity index is 2.18. The fourth-order valence-electron chi connectivity index (χ4n) is 2.63. The number of nitrogens with one attached hydrogen (secondary N) is 1. The number of aryl methyl sites for hydroxylation is 1. The van der Waals surface area contributed by atoms with Gasteiger partial charge in [0, 0.05) is 11.6 Å². The average Bonchev–Trinajstić information content (AvgIpc) is 2.97. The van der Waals surface area contributed by atoms with Crippen molar-refractivity contribution in [3.8, 4) is 22.9 Å². The molecule has 0 saturated heterocycles. The van der Waals surface area contributed by atoms with Gasteiger partial charge in [0.15, 0.2) is 5.75 Å². The lowest BCUT2D eigenvalue weighted by molar-refractivity contribution is -0.386. The zero-order chi connectivity index (χ0) is 18.1. The molecule has 0 amide bonds. The Morgan fingerprint density at radius 1 is 1.24 bits per heavy atom. The molecule has 0 fully saturated rings. The summed E-state index contributed by atoms with van der Waals surface area (Å²) in [5.41, 5.74) is 3.18. The van der Waals surface area contributed by atoms with E-state index in [-0.39, 0.29) is 17.5 Å². The number of benzene rings is 2. The first-order valence-electron chi connectivity index (χ1n) is 7.89. The van der Waals surface area contributed by atoms with Crippen LogP contribution in [0.2, 0.25) is 0 Å². The van der Waals surface area contributed by atoms with Crippen LogP contribution in [0.4, 0.5) is 5.69 Å². The Labute approximate surface area is 144 Å². The Kier molecular flexibility index (Phi) is 4.31. The standard InChI is InChI=1S/C18H19N3O4/c1-10(2)25-17-15(21(22)23)8-12(9-16(17)24-4)18-19-13-6-5-11(3)7-14(13)20-18/h5-10H,1-4H3,(H,19,20). The number of nitrogens with zero attached hydrogens (tertiary/aromatic N) is 2. The van der Waals surface area contributed by atoms with Crippen molar-refractivity contribution in [3.63, 3.8) is 0 Å². The van der Waals surface area contributed by atoms with Gasteiger partial charge in [-0.2, -0.15) is 0 Å². The number of methoxy groups -OCH3 is 1. The molecule has 3 rings (SSSR count). The number of aromatic nitrogens is 2. The molecule has 0 spiro atoms. The summed E-state index contributed by atoms with van der Waals surface area (Å²) in [5.74, 6) is 0.964. The van der Waals surface area contributed by atoms with Crippen LogP contribution in [0.1, 0.15) is 19.4 Å². The largest absolute Gasteiger partial charge is 0.493 e. The molecular formula is C18H19N3O4. The van der Waals surface area contributed by atoms with Crippen LogP contribution in [0.3, 0.4) is 0 Å². The summed E-state index contributed by atoms with van der Waals surface area (Å²) in [6, 6.07) is 9.00. The number of aromatic amines is 1. The third-order valence-electron chi connectivity index (χ3n) is 3.72. The Morgan fingerprint density at radius 2 is 2.00 bits per heavy atom. The van der Waals surface area contributed by atoms with E-state index >= 15 is 0 Å². The van der Waals surface area contributed by atoms with Gasteiger partial charge in [0.25, 0.3) is 0 Å². The third-order valence-corrected chi connectivity index (χ3v) is 3.72. The van der Waals surface area contributed by atoms with Crippen LogP contribution in [-0.4, -0.2) is 28.1 Å². The van der Waals surface area contributed by atoms with Crippen LogP contribution >= 0.6 is 0 Å². The SMILES string of the molecule is COc1cc(-c2nc3ccc(C)cc3[nH]2)cc([N+](=O)[O-])c1OC(C)C. The highest BCUT2D eigenvalue weighted by molar-refractivity contribution is 5.81. The topological polar surface area (TPSA) is 90.3 Å². The summed E-state index contributed by atoms with van der Waals surface area (Å²) in [6.07, 6.45) is -0.215. The summed E-state index contributed by atoms with van der Waals surface area (Å²) in [5, 5.41) is 11.5. The molecule has 1 heterocycles. The summed E-state index contributed by atoms with van der Waals surface area (Å²) >= 11 is 0. The molecule has 1 aromatic heterocycles. The highest BCUT2D eigenvalue weighted by Gasteiger charge is 2.24. The highest BCUT2D eigenvalue weighted by atomic mass is 16.6. The number of ether oxygens (including phenoxy) is 2. The normalized spacial score (nSPS) is 11.1. The first kappa shape index (κ1) is 16.8. The highest BCUT2D eigenvalue weighted by Crippen LogP contribution is 2.41. The van der Waals surface area contributed by atoms with E-state index in [1.54, 1.807) is 19.9 Å². The smallest absolute Gasteiger partial charge is 0.315 e. The van der Waals surface area contributed by atoms with Crippen molar-refractivity contribution < 1.29 is 14.4 Å². The van der Waals surface area contributed by atoms with E-state index in [1.165, 1.54) is 13.2 Å². The van der Waals surface area contributed by atoms with E-state index in [0.29, 0.717) is 17.1 Å². The summed E-state index contributed by atoms with van der Waals surface area (Å²) in [4.78, 5) is 18.8. The molecule has 1 N–H and O–H groups in total. The number of hydrogen-bond donors (Lipinski definition) is 1. The van der Waals surface area contributed by atoms with Gasteiger partial charge in [0.05, 0.1) is 29.2 Å². The van der Waals surface area contributed by atoms with E-state index < -0.39 is 4.92 Å². The average molecular weight is 341 g/mol. The second-order valence-electron chi connectivity index (χ2n) is 6.06. The molecule has 0 aliphatic rings. The molecule has 0 aliphatic heterocycles. The van der Waals surface area contributed by atoms with Gasteiger partial charge in [-0.15, -0.1) is 0 Å². The maximum Gasteiger partial charge on any atom is 0.315 e. The van der Waals surface area contributed by atoms with Gasteiger partial charge in [-0.3, -0.25) is 10.1 Å². The molecular weight excluding hydrogens is 322 g/mol. The summed E-state index contributed by atoms with van der Waals surface area (Å²) in [6.45, 7) is 5.60. The number of nitro groups is 1. The maximum absolute atomic E-state index is 11.5. The van der Waals surface area contributed by atoms with Gasteiger partial charge in [0.2, 0.25) is 5.75 Å². The molecule has 0 aliphatic carbocycles. The monoisotopic (exact) mass is 341 g/mol. The van der Waals surface area contributed by atoms with Crippen molar-refractivity contribution in [2.45, 2.75) is 26.9 Å². The second kappa shape index (κ2) is 6.43. The van der Waals surface area contributed by atoms with Gasteiger partial charge in [-0.1, -0.05) is 6.07 Å². The molecule has 7 heteroatoms. The second-order valence-corrected chi connectivity index (χ2v) is 6.06. The van der Waals surface area contributed by atoms with E-state index in [4.69, 9.17) is 9.47 Å². The van der Waals surface area contributed by atoms with Crippen molar-refractivity contribution in [2.75, 3.05) is 7.11 Å².